The van der Waals surface area contributed by atoms with Crippen molar-refractivity contribution in [2.24, 2.45) is 5.92 Å². The van der Waals surface area contributed by atoms with Crippen LogP contribution in [0, 0.1) is 11.7 Å². The monoisotopic (exact) mass is 342 g/mol. The maximum absolute atomic E-state index is 13.7. The molecule has 20 heavy (non-hydrogen) atoms. The minimum Gasteiger partial charge on any atom is -0.368 e. The Morgan fingerprint density at radius 2 is 2.15 bits per heavy atom. The highest BCUT2D eigenvalue weighted by molar-refractivity contribution is 9.10. The first-order chi connectivity index (χ1) is 9.54. The Morgan fingerprint density at radius 3 is 2.80 bits per heavy atom. The fourth-order valence-electron chi connectivity index (χ4n) is 3.01. The number of hydrogen-bond donors (Lipinski definition) is 1. The van der Waals surface area contributed by atoms with Crippen LogP contribution in [0.4, 0.5) is 10.1 Å². The predicted molar refractivity (Wildman–Crippen MR) is 86.8 cm³/mol. The number of anilines is 1. The highest BCUT2D eigenvalue weighted by Crippen LogP contribution is 2.30. The van der Waals surface area contributed by atoms with Crippen LogP contribution in [-0.4, -0.2) is 25.2 Å². The minimum absolute atomic E-state index is 0.186. The Labute approximate surface area is 129 Å². The van der Waals surface area contributed by atoms with Gasteiger partial charge in [-0.15, -0.1) is 0 Å². The minimum atomic E-state index is -0.186. The van der Waals surface area contributed by atoms with Gasteiger partial charge in [0.05, 0.1) is 4.47 Å². The lowest BCUT2D eigenvalue weighted by atomic mass is 9.86. The Hall–Kier alpha value is -0.610. The van der Waals surface area contributed by atoms with E-state index in [0.29, 0.717) is 22.5 Å². The van der Waals surface area contributed by atoms with E-state index in [-0.39, 0.29) is 5.82 Å². The van der Waals surface area contributed by atoms with Crippen LogP contribution in [0.5, 0.6) is 0 Å². The molecular weight excluding hydrogens is 319 g/mol. The van der Waals surface area contributed by atoms with E-state index in [1.807, 2.05) is 6.07 Å². The second-order valence-corrected chi connectivity index (χ2v) is 6.60. The summed E-state index contributed by atoms with van der Waals surface area (Å²) < 4.78 is 14.2. The molecule has 1 aromatic rings. The zero-order valence-corrected chi connectivity index (χ0v) is 14.1. The van der Waals surface area contributed by atoms with Crippen LogP contribution < -0.4 is 10.2 Å². The van der Waals surface area contributed by atoms with Crippen molar-refractivity contribution in [3.63, 3.8) is 0 Å². The van der Waals surface area contributed by atoms with Crippen molar-refractivity contribution in [3.05, 3.63) is 28.5 Å². The topological polar surface area (TPSA) is 15.3 Å². The molecule has 1 aromatic carbocycles. The van der Waals surface area contributed by atoms with E-state index < -0.39 is 0 Å². The Kier molecular flexibility index (Phi) is 5.44. The van der Waals surface area contributed by atoms with Gasteiger partial charge in [0, 0.05) is 24.3 Å². The maximum atomic E-state index is 13.7. The van der Waals surface area contributed by atoms with Gasteiger partial charge in [0.2, 0.25) is 0 Å². The number of rotatable bonds is 4. The van der Waals surface area contributed by atoms with Crippen molar-refractivity contribution in [2.45, 2.75) is 45.7 Å². The molecule has 0 aromatic heterocycles. The lowest BCUT2D eigenvalue weighted by molar-refractivity contribution is 0.271. The molecule has 3 unspecified atom stereocenters. The fraction of sp³-hybridized carbons (Fsp3) is 0.625. The molecule has 2 rings (SSSR count). The summed E-state index contributed by atoms with van der Waals surface area (Å²) in [7, 11) is 0. The lowest BCUT2D eigenvalue weighted by Crippen LogP contribution is -2.53. The summed E-state index contributed by atoms with van der Waals surface area (Å²) in [6.45, 7) is 8.78. The summed E-state index contributed by atoms with van der Waals surface area (Å²) in [5.41, 5.74) is 0.985. The van der Waals surface area contributed by atoms with E-state index in [0.717, 1.165) is 25.2 Å². The fourth-order valence-corrected chi connectivity index (χ4v) is 3.26. The van der Waals surface area contributed by atoms with E-state index in [9.17, 15) is 4.39 Å². The number of hydrogen-bond acceptors (Lipinski definition) is 2. The van der Waals surface area contributed by atoms with Crippen LogP contribution in [0.3, 0.4) is 0 Å². The molecule has 1 saturated heterocycles. The summed E-state index contributed by atoms with van der Waals surface area (Å²) >= 11 is 3.21. The van der Waals surface area contributed by atoms with Crippen LogP contribution in [0.2, 0.25) is 0 Å². The quantitative estimate of drug-likeness (QED) is 0.882. The number of nitrogens with one attached hydrogen (secondary N) is 1. The largest absolute Gasteiger partial charge is 0.368 e. The smallest absolute Gasteiger partial charge is 0.139 e. The molecule has 0 radical (unpaired) electrons. The molecule has 2 nitrogen and oxygen atoms in total. The second kappa shape index (κ2) is 6.90. The van der Waals surface area contributed by atoms with Crippen molar-refractivity contribution in [3.8, 4) is 0 Å². The van der Waals surface area contributed by atoms with E-state index in [1.165, 1.54) is 6.42 Å². The molecule has 4 heteroatoms. The summed E-state index contributed by atoms with van der Waals surface area (Å²) in [6, 6.07) is 6.41. The SMILES string of the molecule is CCCNC1CCN(c2ccc(Br)c(F)c2)C(C)C1C. The van der Waals surface area contributed by atoms with Crippen molar-refractivity contribution < 1.29 is 4.39 Å². The average Bonchev–Trinajstić information content (AvgIpc) is 2.44. The molecule has 0 saturated carbocycles. The van der Waals surface area contributed by atoms with Gasteiger partial charge in [0.15, 0.2) is 0 Å². The van der Waals surface area contributed by atoms with Gasteiger partial charge < -0.3 is 10.2 Å². The summed E-state index contributed by atoms with van der Waals surface area (Å²) in [5, 5.41) is 3.64. The molecule has 0 spiro atoms. The molecule has 3 atom stereocenters. The predicted octanol–water partition coefficient (Wildman–Crippen LogP) is 4.19. The Bertz CT molecular complexity index is 452. The molecule has 0 amide bonds. The summed E-state index contributed by atoms with van der Waals surface area (Å²) in [6.07, 6.45) is 2.28. The number of benzene rings is 1. The zero-order chi connectivity index (χ0) is 14.7. The van der Waals surface area contributed by atoms with Gasteiger partial charge in [-0.2, -0.15) is 0 Å². The molecule has 1 aliphatic heterocycles. The van der Waals surface area contributed by atoms with E-state index in [2.05, 4.69) is 46.9 Å². The molecular formula is C16H24BrFN2. The van der Waals surface area contributed by atoms with Crippen molar-refractivity contribution in [1.82, 2.24) is 5.32 Å². The summed E-state index contributed by atoms with van der Waals surface area (Å²) in [5.74, 6) is 0.371. The van der Waals surface area contributed by atoms with Gasteiger partial charge in [-0.1, -0.05) is 13.8 Å². The van der Waals surface area contributed by atoms with Crippen molar-refractivity contribution >= 4 is 21.6 Å². The third-order valence-electron chi connectivity index (χ3n) is 4.46. The third kappa shape index (κ3) is 3.34. The summed E-state index contributed by atoms with van der Waals surface area (Å²) in [4.78, 5) is 2.32. The highest BCUT2D eigenvalue weighted by Gasteiger charge is 2.32. The first-order valence-corrected chi connectivity index (χ1v) is 8.29. The van der Waals surface area contributed by atoms with Crippen LogP contribution in [-0.2, 0) is 0 Å². The van der Waals surface area contributed by atoms with Crippen LogP contribution >= 0.6 is 15.9 Å². The van der Waals surface area contributed by atoms with Crippen LogP contribution in [0.1, 0.15) is 33.6 Å². The first-order valence-electron chi connectivity index (χ1n) is 7.49. The van der Waals surface area contributed by atoms with E-state index >= 15 is 0 Å². The number of nitrogens with zero attached hydrogens (tertiary/aromatic N) is 1. The van der Waals surface area contributed by atoms with E-state index in [1.54, 1.807) is 12.1 Å². The number of halogens is 2. The molecule has 0 bridgehead atoms. The Morgan fingerprint density at radius 1 is 1.40 bits per heavy atom. The number of piperidine rings is 1. The molecule has 1 N–H and O–H groups in total. The maximum Gasteiger partial charge on any atom is 0.139 e. The van der Waals surface area contributed by atoms with Crippen molar-refractivity contribution in [1.29, 1.82) is 0 Å². The molecule has 0 aliphatic carbocycles. The highest BCUT2D eigenvalue weighted by atomic mass is 79.9. The van der Waals surface area contributed by atoms with Crippen LogP contribution in [0.25, 0.3) is 0 Å². The third-order valence-corrected chi connectivity index (χ3v) is 5.10. The van der Waals surface area contributed by atoms with E-state index in [4.69, 9.17) is 0 Å². The van der Waals surface area contributed by atoms with Gasteiger partial charge in [-0.25, -0.2) is 4.39 Å². The molecule has 1 aliphatic rings. The van der Waals surface area contributed by atoms with Gasteiger partial charge in [-0.05, 0) is 66.4 Å². The molecule has 1 fully saturated rings. The van der Waals surface area contributed by atoms with Crippen LogP contribution in [0.15, 0.2) is 22.7 Å². The van der Waals surface area contributed by atoms with Gasteiger partial charge >= 0.3 is 0 Å². The first kappa shape index (κ1) is 15.8. The molecule has 112 valence electrons. The standard InChI is InChI=1S/C16H24BrFN2/c1-4-8-19-16-7-9-20(12(3)11(16)2)13-5-6-14(17)15(18)10-13/h5-6,10-12,16,19H,4,7-9H2,1-3H3. The van der Waals surface area contributed by atoms with Crippen molar-refractivity contribution in [2.75, 3.05) is 18.0 Å². The normalized spacial score (nSPS) is 26.9. The van der Waals surface area contributed by atoms with Gasteiger partial charge in [0.25, 0.3) is 0 Å². The van der Waals surface area contributed by atoms with Gasteiger partial charge in [0.1, 0.15) is 5.82 Å². The Balaban J connectivity index is 2.09. The molecule has 1 heterocycles. The average molecular weight is 343 g/mol. The lowest BCUT2D eigenvalue weighted by Gasteiger charge is -2.44. The second-order valence-electron chi connectivity index (χ2n) is 5.74. The van der Waals surface area contributed by atoms with Gasteiger partial charge in [-0.3, -0.25) is 0 Å². The zero-order valence-electron chi connectivity index (χ0n) is 12.5.